The summed E-state index contributed by atoms with van der Waals surface area (Å²) < 4.78 is 40.7. The Balaban J connectivity index is 1.83. The zero-order valence-electron chi connectivity index (χ0n) is 19.6. The van der Waals surface area contributed by atoms with Crippen LogP contribution in [-0.4, -0.2) is 19.6 Å². The second-order valence-corrected chi connectivity index (χ2v) is 10.6. The van der Waals surface area contributed by atoms with Gasteiger partial charge in [-0.25, -0.2) is 4.18 Å². The van der Waals surface area contributed by atoms with Crippen LogP contribution in [0.5, 0.6) is 0 Å². The van der Waals surface area contributed by atoms with Gasteiger partial charge in [-0.05, 0) is 101 Å². The highest BCUT2D eigenvalue weighted by Gasteiger charge is 2.34. The molecule has 0 radical (unpaired) electrons. The smallest absolute Gasteiger partial charge is 0.397 e. The Morgan fingerprint density at radius 1 is 1.42 bits per heavy atom. The molecule has 0 unspecified atom stereocenters. The zero-order valence-corrected chi connectivity index (χ0v) is 20.4. The Bertz CT molecular complexity index is 822. The first-order valence-corrected chi connectivity index (χ1v) is 12.9. The van der Waals surface area contributed by atoms with Crippen molar-refractivity contribution in [1.29, 1.82) is 0 Å². The average Bonchev–Trinajstić information content (AvgIpc) is 3.21. The summed E-state index contributed by atoms with van der Waals surface area (Å²) in [6.07, 6.45) is 17.2. The Hall–Kier alpha value is -1.37. The molecular weight excluding hydrogens is 412 g/mol. The van der Waals surface area contributed by atoms with Crippen molar-refractivity contribution in [3.8, 4) is 0 Å². The van der Waals surface area contributed by atoms with Gasteiger partial charge in [0, 0.05) is 0 Å². The van der Waals surface area contributed by atoms with E-state index in [1.807, 2.05) is 6.07 Å². The summed E-state index contributed by atoms with van der Waals surface area (Å²) in [5.41, 5.74) is 4.34. The predicted molar refractivity (Wildman–Crippen MR) is 125 cm³/mol. The second kappa shape index (κ2) is 12.0. The van der Waals surface area contributed by atoms with Crippen LogP contribution in [0.3, 0.4) is 0 Å². The van der Waals surface area contributed by atoms with Crippen molar-refractivity contribution in [1.82, 2.24) is 0 Å². The van der Waals surface area contributed by atoms with Gasteiger partial charge in [0.05, 0.1) is 19.1 Å². The Morgan fingerprint density at radius 2 is 2.19 bits per heavy atom. The van der Waals surface area contributed by atoms with Gasteiger partial charge in [-0.3, -0.25) is 4.55 Å². The van der Waals surface area contributed by atoms with E-state index in [4.69, 9.17) is 8.97 Å². The molecule has 0 saturated carbocycles. The SMILES string of the molecule is CC(=CCC[C@H](CCCc1ccoc1)COS(=O)(=O)O)CC[C@]1(C)C(C)=CCC[C@H]1C. The summed E-state index contributed by atoms with van der Waals surface area (Å²) in [5.74, 6) is 0.793. The molecule has 5 nitrogen and oxygen atoms in total. The topological polar surface area (TPSA) is 76.7 Å². The minimum atomic E-state index is -4.40. The molecule has 1 aliphatic carbocycles. The third kappa shape index (κ3) is 8.95. The number of aryl methyl sites for hydroxylation is 1. The largest absolute Gasteiger partial charge is 0.472 e. The van der Waals surface area contributed by atoms with Gasteiger partial charge >= 0.3 is 10.4 Å². The molecule has 1 aliphatic rings. The van der Waals surface area contributed by atoms with Crippen molar-refractivity contribution in [2.45, 2.75) is 85.5 Å². The van der Waals surface area contributed by atoms with Gasteiger partial charge in [0.15, 0.2) is 0 Å². The van der Waals surface area contributed by atoms with Gasteiger partial charge in [0.2, 0.25) is 0 Å². The van der Waals surface area contributed by atoms with Crippen molar-refractivity contribution >= 4 is 10.4 Å². The van der Waals surface area contributed by atoms with Crippen LogP contribution in [0.4, 0.5) is 0 Å². The van der Waals surface area contributed by atoms with Gasteiger partial charge in [0.25, 0.3) is 0 Å². The third-order valence-corrected chi connectivity index (χ3v) is 7.69. The molecule has 0 bridgehead atoms. The summed E-state index contributed by atoms with van der Waals surface area (Å²) in [6, 6.07) is 1.94. The van der Waals surface area contributed by atoms with Crippen molar-refractivity contribution < 1.29 is 21.6 Å². The van der Waals surface area contributed by atoms with E-state index in [9.17, 15) is 8.42 Å². The highest BCUT2D eigenvalue weighted by Crippen LogP contribution is 2.45. The molecule has 1 aromatic rings. The molecular formula is C25H40O5S. The highest BCUT2D eigenvalue weighted by molar-refractivity contribution is 7.80. The van der Waals surface area contributed by atoms with Gasteiger partial charge in [-0.15, -0.1) is 0 Å². The normalized spacial score (nSPS) is 23.6. The summed E-state index contributed by atoms with van der Waals surface area (Å²) in [7, 11) is -4.40. The minimum absolute atomic E-state index is 0.0245. The van der Waals surface area contributed by atoms with Crippen LogP contribution in [0.1, 0.15) is 84.6 Å². The Labute approximate surface area is 188 Å². The highest BCUT2D eigenvalue weighted by atomic mass is 32.3. The molecule has 0 amide bonds. The molecule has 31 heavy (non-hydrogen) atoms. The van der Waals surface area contributed by atoms with Crippen LogP contribution in [0.15, 0.2) is 46.3 Å². The van der Waals surface area contributed by atoms with Crippen molar-refractivity contribution in [3.05, 3.63) is 47.5 Å². The van der Waals surface area contributed by atoms with E-state index < -0.39 is 10.4 Å². The molecule has 0 fully saturated rings. The van der Waals surface area contributed by atoms with Crippen LogP contribution < -0.4 is 0 Å². The van der Waals surface area contributed by atoms with Crippen molar-refractivity contribution in [3.63, 3.8) is 0 Å². The summed E-state index contributed by atoms with van der Waals surface area (Å²) >= 11 is 0. The lowest BCUT2D eigenvalue weighted by Gasteiger charge is -2.40. The van der Waals surface area contributed by atoms with Crippen LogP contribution in [0, 0.1) is 17.3 Å². The molecule has 1 aromatic heterocycles. The maximum atomic E-state index is 11.0. The average molecular weight is 453 g/mol. The van der Waals surface area contributed by atoms with E-state index in [1.165, 1.54) is 30.4 Å². The summed E-state index contributed by atoms with van der Waals surface area (Å²) in [4.78, 5) is 0. The fourth-order valence-electron chi connectivity index (χ4n) is 4.58. The van der Waals surface area contributed by atoms with Crippen LogP contribution >= 0.6 is 0 Å². The van der Waals surface area contributed by atoms with Crippen LogP contribution in [0.25, 0.3) is 0 Å². The summed E-state index contributed by atoms with van der Waals surface area (Å²) in [5, 5.41) is 0. The number of rotatable bonds is 13. The number of furan rings is 1. The van der Waals surface area contributed by atoms with Gasteiger partial charge in [-0.2, -0.15) is 8.42 Å². The van der Waals surface area contributed by atoms with Gasteiger partial charge in [-0.1, -0.05) is 37.1 Å². The van der Waals surface area contributed by atoms with Crippen molar-refractivity contribution in [2.75, 3.05) is 6.61 Å². The number of hydrogen-bond donors (Lipinski definition) is 1. The lowest BCUT2D eigenvalue weighted by Crippen LogP contribution is -2.29. The third-order valence-electron chi connectivity index (χ3n) is 7.26. The first kappa shape index (κ1) is 25.9. The first-order chi connectivity index (χ1) is 14.6. The van der Waals surface area contributed by atoms with E-state index in [0.29, 0.717) is 5.92 Å². The molecule has 1 N–H and O–H groups in total. The number of allylic oxidation sites excluding steroid dienone is 4. The standard InChI is InChI=1S/C25H40O5S/c1-20(14-16-25(4)21(2)9-6-10-22(25)3)8-5-11-23(19-30-31(26,27)28)12-7-13-24-15-17-29-18-24/h8-9,15,17-18,22-23H,5-7,10-14,16,19H2,1-4H3,(H,26,27,28)/t22-,23-,25-/m1/s1. The molecule has 0 aliphatic heterocycles. The van der Waals surface area contributed by atoms with E-state index >= 15 is 0 Å². The summed E-state index contributed by atoms with van der Waals surface area (Å²) in [6.45, 7) is 9.27. The molecule has 2 rings (SSSR count). The predicted octanol–water partition coefficient (Wildman–Crippen LogP) is 6.93. The molecule has 1 heterocycles. The Kier molecular flexibility index (Phi) is 10.0. The maximum Gasteiger partial charge on any atom is 0.397 e. The van der Waals surface area contributed by atoms with E-state index in [1.54, 1.807) is 12.5 Å². The molecule has 3 atom stereocenters. The van der Waals surface area contributed by atoms with E-state index in [0.717, 1.165) is 44.1 Å². The lowest BCUT2D eigenvalue weighted by molar-refractivity contribution is 0.208. The van der Waals surface area contributed by atoms with Crippen molar-refractivity contribution in [2.24, 2.45) is 17.3 Å². The quantitative estimate of drug-likeness (QED) is 0.259. The first-order valence-electron chi connectivity index (χ1n) is 11.6. The minimum Gasteiger partial charge on any atom is -0.472 e. The van der Waals surface area contributed by atoms with E-state index in [-0.39, 0.29) is 17.9 Å². The monoisotopic (exact) mass is 452 g/mol. The van der Waals surface area contributed by atoms with E-state index in [2.05, 4.69) is 44.0 Å². The maximum absolute atomic E-state index is 11.0. The molecule has 176 valence electrons. The van der Waals surface area contributed by atoms with Gasteiger partial charge in [0.1, 0.15) is 0 Å². The van der Waals surface area contributed by atoms with Crippen LogP contribution in [-0.2, 0) is 21.0 Å². The van der Waals surface area contributed by atoms with Crippen LogP contribution in [0.2, 0.25) is 0 Å². The fourth-order valence-corrected chi connectivity index (χ4v) is 4.95. The molecule has 0 saturated heterocycles. The molecule has 6 heteroatoms. The fraction of sp³-hybridized carbons (Fsp3) is 0.680. The number of hydrogen-bond acceptors (Lipinski definition) is 4. The lowest BCUT2D eigenvalue weighted by atomic mass is 9.65. The molecule has 0 spiro atoms. The molecule has 0 aromatic carbocycles. The van der Waals surface area contributed by atoms with Gasteiger partial charge < -0.3 is 4.42 Å². The zero-order chi connectivity index (χ0) is 22.9. The Morgan fingerprint density at radius 3 is 2.84 bits per heavy atom. The second-order valence-electron chi connectivity index (χ2n) is 9.51.